The summed E-state index contributed by atoms with van der Waals surface area (Å²) in [6.07, 6.45) is 6.27. The SMILES string of the molecule is CCNC(=NCCCCN(C)C(C)C)N1CCOC(c2cnn(C)c2)C1.I. The van der Waals surface area contributed by atoms with Gasteiger partial charge in [0.2, 0.25) is 0 Å². The number of aromatic nitrogens is 2. The van der Waals surface area contributed by atoms with Gasteiger partial charge in [0.1, 0.15) is 6.10 Å². The number of nitrogens with one attached hydrogen (secondary N) is 1. The lowest BCUT2D eigenvalue weighted by atomic mass is 10.1. The van der Waals surface area contributed by atoms with Gasteiger partial charge in [-0.25, -0.2) is 0 Å². The van der Waals surface area contributed by atoms with E-state index in [2.05, 4.69) is 48.0 Å². The third kappa shape index (κ3) is 7.95. The van der Waals surface area contributed by atoms with Crippen molar-refractivity contribution < 1.29 is 4.74 Å². The van der Waals surface area contributed by atoms with Crippen molar-refractivity contribution >= 4 is 29.9 Å². The minimum absolute atomic E-state index is 0. The number of guanidine groups is 1. The van der Waals surface area contributed by atoms with Crippen LogP contribution in [0.25, 0.3) is 0 Å². The lowest BCUT2D eigenvalue weighted by Crippen LogP contribution is -2.48. The summed E-state index contributed by atoms with van der Waals surface area (Å²) >= 11 is 0. The number of aliphatic imine (C=N–C) groups is 1. The number of halogens is 1. The summed E-state index contributed by atoms with van der Waals surface area (Å²) in [5.74, 6) is 1.00. The molecule has 0 aliphatic carbocycles. The summed E-state index contributed by atoms with van der Waals surface area (Å²) in [5.41, 5.74) is 1.13. The molecule has 1 aromatic heterocycles. The van der Waals surface area contributed by atoms with E-state index in [9.17, 15) is 0 Å². The molecule has 1 saturated heterocycles. The van der Waals surface area contributed by atoms with Gasteiger partial charge in [0, 0.05) is 44.5 Å². The molecule has 0 amide bonds. The van der Waals surface area contributed by atoms with Crippen molar-refractivity contribution in [3.8, 4) is 0 Å². The number of unbranched alkanes of at least 4 members (excludes halogenated alkanes) is 1. The van der Waals surface area contributed by atoms with Gasteiger partial charge in [-0.05, 0) is 47.2 Å². The summed E-state index contributed by atoms with van der Waals surface area (Å²) in [5, 5.41) is 7.70. The summed E-state index contributed by atoms with van der Waals surface area (Å²) < 4.78 is 7.77. The fourth-order valence-electron chi connectivity index (χ4n) is 2.99. The van der Waals surface area contributed by atoms with Crippen molar-refractivity contribution in [2.45, 2.75) is 45.8 Å². The largest absolute Gasteiger partial charge is 0.370 e. The van der Waals surface area contributed by atoms with Gasteiger partial charge in [0.25, 0.3) is 0 Å². The van der Waals surface area contributed by atoms with E-state index in [-0.39, 0.29) is 30.1 Å². The van der Waals surface area contributed by atoms with Crippen molar-refractivity contribution in [1.29, 1.82) is 0 Å². The third-order valence-electron chi connectivity index (χ3n) is 4.86. The Morgan fingerprint density at radius 1 is 1.44 bits per heavy atom. The third-order valence-corrected chi connectivity index (χ3v) is 4.86. The molecular formula is C19H37IN6O. The first-order chi connectivity index (χ1) is 12.5. The Balaban J connectivity index is 0.00000364. The highest BCUT2D eigenvalue weighted by Gasteiger charge is 2.25. The second-order valence-electron chi connectivity index (χ2n) is 7.27. The molecule has 1 aliphatic heterocycles. The summed E-state index contributed by atoms with van der Waals surface area (Å²) in [7, 11) is 4.12. The average Bonchev–Trinajstić information content (AvgIpc) is 3.07. The normalized spacial score (nSPS) is 18.1. The highest BCUT2D eigenvalue weighted by Crippen LogP contribution is 2.21. The van der Waals surface area contributed by atoms with Crippen LogP contribution in [0.4, 0.5) is 0 Å². The Kier molecular flexibility index (Phi) is 11.2. The van der Waals surface area contributed by atoms with E-state index in [1.807, 2.05) is 24.1 Å². The number of hydrogen-bond acceptors (Lipinski definition) is 4. The lowest BCUT2D eigenvalue weighted by Gasteiger charge is -2.34. The van der Waals surface area contributed by atoms with E-state index in [0.29, 0.717) is 12.6 Å². The molecule has 0 radical (unpaired) electrons. The topological polar surface area (TPSA) is 57.9 Å². The van der Waals surface area contributed by atoms with E-state index in [1.54, 1.807) is 0 Å². The molecule has 1 fully saturated rings. The number of rotatable bonds is 8. The van der Waals surface area contributed by atoms with Crippen LogP contribution in [-0.2, 0) is 11.8 Å². The Hall–Kier alpha value is -0.870. The zero-order valence-electron chi connectivity index (χ0n) is 17.5. The van der Waals surface area contributed by atoms with Gasteiger partial charge in [0.15, 0.2) is 5.96 Å². The van der Waals surface area contributed by atoms with Gasteiger partial charge in [-0.15, -0.1) is 24.0 Å². The van der Waals surface area contributed by atoms with Gasteiger partial charge in [-0.3, -0.25) is 9.67 Å². The number of hydrogen-bond donors (Lipinski definition) is 1. The highest BCUT2D eigenvalue weighted by atomic mass is 127. The van der Waals surface area contributed by atoms with E-state index in [1.165, 1.54) is 6.42 Å². The standard InChI is InChI=1S/C19H36N6O.HI/c1-6-20-19(21-9-7-8-10-23(4)16(2)3)25-11-12-26-18(15-25)17-13-22-24(5)14-17;/h13-14,16,18H,6-12,15H2,1-5H3,(H,20,21);1H. The van der Waals surface area contributed by atoms with Crippen LogP contribution in [0, 0.1) is 0 Å². The van der Waals surface area contributed by atoms with Crippen LogP contribution in [0.2, 0.25) is 0 Å². The first-order valence-corrected chi connectivity index (χ1v) is 9.85. The van der Waals surface area contributed by atoms with Crippen LogP contribution in [0.1, 0.15) is 45.3 Å². The maximum absolute atomic E-state index is 5.94. The van der Waals surface area contributed by atoms with Crippen LogP contribution >= 0.6 is 24.0 Å². The number of morpholine rings is 1. The molecule has 0 aromatic carbocycles. The van der Waals surface area contributed by atoms with Gasteiger partial charge in [-0.1, -0.05) is 0 Å². The summed E-state index contributed by atoms with van der Waals surface area (Å²) in [4.78, 5) is 9.54. The molecule has 2 heterocycles. The van der Waals surface area contributed by atoms with Crippen molar-refractivity contribution in [3.63, 3.8) is 0 Å². The van der Waals surface area contributed by atoms with Crippen LogP contribution in [0.15, 0.2) is 17.4 Å². The van der Waals surface area contributed by atoms with E-state index in [4.69, 9.17) is 9.73 Å². The zero-order chi connectivity index (χ0) is 18.9. The molecule has 1 N–H and O–H groups in total. The lowest BCUT2D eigenvalue weighted by molar-refractivity contribution is -0.00804. The fraction of sp³-hybridized carbons (Fsp3) is 0.789. The maximum atomic E-state index is 5.94. The first-order valence-electron chi connectivity index (χ1n) is 9.85. The first kappa shape index (κ1) is 24.2. The molecule has 0 spiro atoms. The summed E-state index contributed by atoms with van der Waals surface area (Å²) in [6.45, 7) is 11.9. The second kappa shape index (κ2) is 12.6. The van der Waals surface area contributed by atoms with Crippen molar-refractivity contribution in [1.82, 2.24) is 24.9 Å². The van der Waals surface area contributed by atoms with E-state index in [0.717, 1.165) is 50.7 Å². The molecule has 0 saturated carbocycles. The molecule has 0 bridgehead atoms. The minimum atomic E-state index is 0. The average molecular weight is 492 g/mol. The predicted octanol–water partition coefficient (Wildman–Crippen LogP) is 2.50. The Morgan fingerprint density at radius 3 is 2.85 bits per heavy atom. The second-order valence-corrected chi connectivity index (χ2v) is 7.27. The van der Waals surface area contributed by atoms with Crippen molar-refractivity contribution in [2.75, 3.05) is 46.4 Å². The predicted molar refractivity (Wildman–Crippen MR) is 122 cm³/mol. The fourth-order valence-corrected chi connectivity index (χ4v) is 2.99. The maximum Gasteiger partial charge on any atom is 0.194 e. The number of aryl methyl sites for hydroxylation is 1. The van der Waals surface area contributed by atoms with E-state index < -0.39 is 0 Å². The van der Waals surface area contributed by atoms with Crippen LogP contribution in [0.3, 0.4) is 0 Å². The highest BCUT2D eigenvalue weighted by molar-refractivity contribution is 14.0. The van der Waals surface area contributed by atoms with Gasteiger partial charge in [-0.2, -0.15) is 5.10 Å². The molecule has 1 atom stereocenters. The molecular weight excluding hydrogens is 455 g/mol. The smallest absolute Gasteiger partial charge is 0.194 e. The van der Waals surface area contributed by atoms with Gasteiger partial charge in [0.05, 0.1) is 19.3 Å². The van der Waals surface area contributed by atoms with E-state index >= 15 is 0 Å². The van der Waals surface area contributed by atoms with Crippen molar-refractivity contribution in [2.24, 2.45) is 12.0 Å². The molecule has 1 aliphatic rings. The van der Waals surface area contributed by atoms with Crippen LogP contribution in [0.5, 0.6) is 0 Å². The monoisotopic (exact) mass is 492 g/mol. The molecule has 1 unspecified atom stereocenters. The van der Waals surface area contributed by atoms with Crippen LogP contribution < -0.4 is 5.32 Å². The molecule has 27 heavy (non-hydrogen) atoms. The molecule has 8 heteroatoms. The quantitative estimate of drug-likeness (QED) is 0.262. The molecule has 1 aromatic rings. The Labute approximate surface area is 181 Å². The van der Waals surface area contributed by atoms with Gasteiger partial charge >= 0.3 is 0 Å². The number of ether oxygens (including phenoxy) is 1. The van der Waals surface area contributed by atoms with Crippen molar-refractivity contribution in [3.05, 3.63) is 18.0 Å². The number of nitrogens with zero attached hydrogens (tertiary/aromatic N) is 5. The molecule has 2 rings (SSSR count). The zero-order valence-corrected chi connectivity index (χ0v) is 19.8. The van der Waals surface area contributed by atoms with Crippen LogP contribution in [-0.4, -0.2) is 78.0 Å². The van der Waals surface area contributed by atoms with Gasteiger partial charge < -0.3 is 19.9 Å². The molecule has 156 valence electrons. The molecule has 7 nitrogen and oxygen atoms in total. The Bertz CT molecular complexity index is 562. The Morgan fingerprint density at radius 2 is 2.22 bits per heavy atom. The minimum Gasteiger partial charge on any atom is -0.370 e. The summed E-state index contributed by atoms with van der Waals surface area (Å²) in [6, 6.07) is 0.605.